The van der Waals surface area contributed by atoms with Gasteiger partial charge in [-0.1, -0.05) is 0 Å². The molecule has 0 aliphatic carbocycles. The molecule has 0 spiro atoms. The van der Waals surface area contributed by atoms with Crippen LogP contribution in [0.2, 0.25) is 0 Å². The van der Waals surface area contributed by atoms with Crippen LogP contribution in [0.25, 0.3) is 22.1 Å². The molecule has 0 atom stereocenters. The van der Waals surface area contributed by atoms with Gasteiger partial charge >= 0.3 is 0 Å². The predicted molar refractivity (Wildman–Crippen MR) is 70.6 cm³/mol. The number of hydrogen-bond donors (Lipinski definition) is 1. The maximum atomic E-state index is 13.0. The Kier molecular flexibility index (Phi) is 2.92. The summed E-state index contributed by atoms with van der Waals surface area (Å²) in [5, 5.41) is 9.19. The molecule has 0 radical (unpaired) electrons. The maximum Gasteiger partial charge on any atom is 0.184 e. The molecule has 7 heteroatoms. The minimum atomic E-state index is -0.281. The van der Waals surface area contributed by atoms with Crippen LogP contribution in [0.3, 0.4) is 0 Å². The molecule has 0 bridgehead atoms. The van der Waals surface area contributed by atoms with Crippen LogP contribution in [0.1, 0.15) is 0 Å². The van der Waals surface area contributed by atoms with Crippen LogP contribution in [-0.4, -0.2) is 20.2 Å². The normalized spacial score (nSPS) is 10.8. The number of aromatic nitrogens is 4. The second-order valence-electron chi connectivity index (χ2n) is 3.50. The molecule has 2 heterocycles. The Morgan fingerprint density at radius 3 is 2.94 bits per heavy atom. The SMILES string of the molecule is Fc1ccc(-c2csc(-c3ncn[nH]3)n2)c(Br)c1. The zero-order valence-corrected chi connectivity index (χ0v) is 11.3. The van der Waals surface area contributed by atoms with Crippen LogP contribution in [0.5, 0.6) is 0 Å². The Hall–Kier alpha value is -1.60. The number of halogens is 2. The van der Waals surface area contributed by atoms with E-state index in [2.05, 4.69) is 36.1 Å². The summed E-state index contributed by atoms with van der Waals surface area (Å²) in [6.45, 7) is 0. The summed E-state index contributed by atoms with van der Waals surface area (Å²) in [6, 6.07) is 4.52. The molecule has 3 rings (SSSR count). The third-order valence-electron chi connectivity index (χ3n) is 2.33. The van der Waals surface area contributed by atoms with Gasteiger partial charge in [0.2, 0.25) is 0 Å². The minimum Gasteiger partial charge on any atom is -0.257 e. The third-order valence-corrected chi connectivity index (χ3v) is 3.83. The van der Waals surface area contributed by atoms with Gasteiger partial charge in [-0.15, -0.1) is 11.3 Å². The lowest BCUT2D eigenvalue weighted by Gasteiger charge is -2.00. The van der Waals surface area contributed by atoms with Crippen molar-refractivity contribution in [1.29, 1.82) is 0 Å². The number of nitrogens with zero attached hydrogens (tertiary/aromatic N) is 3. The molecule has 0 amide bonds. The van der Waals surface area contributed by atoms with E-state index in [0.29, 0.717) is 10.3 Å². The van der Waals surface area contributed by atoms with Crippen LogP contribution in [0, 0.1) is 5.82 Å². The first kappa shape index (κ1) is 11.5. The molecule has 1 aromatic carbocycles. The average Bonchev–Trinajstić information content (AvgIpc) is 2.99. The summed E-state index contributed by atoms with van der Waals surface area (Å²) < 4.78 is 13.7. The Morgan fingerprint density at radius 1 is 1.33 bits per heavy atom. The maximum absolute atomic E-state index is 13.0. The minimum absolute atomic E-state index is 0.281. The quantitative estimate of drug-likeness (QED) is 0.785. The molecule has 2 aromatic heterocycles. The monoisotopic (exact) mass is 324 g/mol. The van der Waals surface area contributed by atoms with Gasteiger partial charge in [-0.05, 0) is 34.1 Å². The van der Waals surface area contributed by atoms with Crippen molar-refractivity contribution in [2.24, 2.45) is 0 Å². The van der Waals surface area contributed by atoms with Gasteiger partial charge in [0.25, 0.3) is 0 Å². The van der Waals surface area contributed by atoms with Crippen LogP contribution in [0.15, 0.2) is 34.4 Å². The van der Waals surface area contributed by atoms with E-state index in [-0.39, 0.29) is 5.82 Å². The summed E-state index contributed by atoms with van der Waals surface area (Å²) >= 11 is 4.79. The summed E-state index contributed by atoms with van der Waals surface area (Å²) in [5.41, 5.74) is 1.62. The van der Waals surface area contributed by atoms with Gasteiger partial charge in [0, 0.05) is 15.4 Å². The Balaban J connectivity index is 2.03. The summed E-state index contributed by atoms with van der Waals surface area (Å²) in [6.07, 6.45) is 1.43. The second kappa shape index (κ2) is 4.58. The molecular weight excluding hydrogens is 319 g/mol. The summed E-state index contributed by atoms with van der Waals surface area (Å²) in [5.74, 6) is 0.348. The highest BCUT2D eigenvalue weighted by Crippen LogP contribution is 2.31. The predicted octanol–water partition coefficient (Wildman–Crippen LogP) is 3.50. The third kappa shape index (κ3) is 2.06. The Morgan fingerprint density at radius 2 is 2.22 bits per heavy atom. The van der Waals surface area contributed by atoms with Gasteiger partial charge in [-0.2, -0.15) is 5.10 Å². The first-order chi connectivity index (χ1) is 8.74. The van der Waals surface area contributed by atoms with Crippen molar-refractivity contribution < 1.29 is 4.39 Å². The van der Waals surface area contributed by atoms with Crippen molar-refractivity contribution in [3.8, 4) is 22.1 Å². The van der Waals surface area contributed by atoms with E-state index in [0.717, 1.165) is 16.3 Å². The van der Waals surface area contributed by atoms with Gasteiger partial charge in [0.05, 0.1) is 5.69 Å². The first-order valence-corrected chi connectivity index (χ1v) is 6.68. The van der Waals surface area contributed by atoms with E-state index >= 15 is 0 Å². The summed E-state index contributed by atoms with van der Waals surface area (Å²) in [4.78, 5) is 8.49. The van der Waals surface area contributed by atoms with Gasteiger partial charge in [-0.3, -0.25) is 5.10 Å². The lowest BCUT2D eigenvalue weighted by molar-refractivity contribution is 0.627. The molecule has 0 unspecified atom stereocenters. The largest absolute Gasteiger partial charge is 0.257 e. The van der Waals surface area contributed by atoms with E-state index in [1.807, 2.05) is 5.38 Å². The molecule has 0 aliphatic rings. The number of H-pyrrole nitrogens is 1. The fourth-order valence-electron chi connectivity index (χ4n) is 1.51. The van der Waals surface area contributed by atoms with E-state index in [1.165, 1.54) is 29.8 Å². The van der Waals surface area contributed by atoms with Gasteiger partial charge in [0.1, 0.15) is 12.1 Å². The van der Waals surface area contributed by atoms with Crippen molar-refractivity contribution in [3.63, 3.8) is 0 Å². The molecule has 3 aromatic rings. The Bertz CT molecular complexity index is 680. The average molecular weight is 325 g/mol. The highest BCUT2D eigenvalue weighted by Gasteiger charge is 2.11. The van der Waals surface area contributed by atoms with Crippen molar-refractivity contribution in [3.05, 3.63) is 40.2 Å². The van der Waals surface area contributed by atoms with Gasteiger partial charge < -0.3 is 0 Å². The Labute approximate surface area is 114 Å². The van der Waals surface area contributed by atoms with E-state index in [1.54, 1.807) is 6.07 Å². The molecule has 0 saturated heterocycles. The number of rotatable bonds is 2. The number of hydrogen-bond acceptors (Lipinski definition) is 4. The number of aromatic amines is 1. The lowest BCUT2D eigenvalue weighted by Crippen LogP contribution is -1.84. The highest BCUT2D eigenvalue weighted by molar-refractivity contribution is 9.10. The van der Waals surface area contributed by atoms with Crippen molar-refractivity contribution in [2.75, 3.05) is 0 Å². The zero-order valence-electron chi connectivity index (χ0n) is 8.89. The summed E-state index contributed by atoms with van der Waals surface area (Å²) in [7, 11) is 0. The van der Waals surface area contributed by atoms with Crippen LogP contribution >= 0.6 is 27.3 Å². The van der Waals surface area contributed by atoms with Crippen molar-refractivity contribution >= 4 is 27.3 Å². The van der Waals surface area contributed by atoms with Crippen molar-refractivity contribution in [1.82, 2.24) is 20.2 Å². The standard InChI is InChI=1S/C11H6BrFN4S/c12-8-3-6(13)1-2-7(8)9-4-18-11(16-9)10-14-5-15-17-10/h1-5H,(H,14,15,17). The lowest BCUT2D eigenvalue weighted by atomic mass is 10.2. The van der Waals surface area contributed by atoms with E-state index in [9.17, 15) is 4.39 Å². The molecule has 0 aliphatic heterocycles. The molecule has 0 fully saturated rings. The molecule has 18 heavy (non-hydrogen) atoms. The van der Waals surface area contributed by atoms with Crippen LogP contribution < -0.4 is 0 Å². The molecule has 1 N–H and O–H groups in total. The van der Waals surface area contributed by atoms with Crippen molar-refractivity contribution in [2.45, 2.75) is 0 Å². The zero-order chi connectivity index (χ0) is 12.5. The highest BCUT2D eigenvalue weighted by atomic mass is 79.9. The van der Waals surface area contributed by atoms with E-state index < -0.39 is 0 Å². The van der Waals surface area contributed by atoms with E-state index in [4.69, 9.17) is 0 Å². The second-order valence-corrected chi connectivity index (χ2v) is 5.21. The fraction of sp³-hybridized carbons (Fsp3) is 0. The molecule has 90 valence electrons. The van der Waals surface area contributed by atoms with Gasteiger partial charge in [0.15, 0.2) is 10.8 Å². The van der Waals surface area contributed by atoms with Crippen LogP contribution in [-0.2, 0) is 0 Å². The number of benzene rings is 1. The molecule has 4 nitrogen and oxygen atoms in total. The molecule has 0 saturated carbocycles. The number of thiazole rings is 1. The topological polar surface area (TPSA) is 54.5 Å². The number of nitrogens with one attached hydrogen (secondary N) is 1. The fourth-order valence-corrected chi connectivity index (χ4v) is 2.83. The molecular formula is C11H6BrFN4S. The van der Waals surface area contributed by atoms with Gasteiger partial charge in [-0.25, -0.2) is 14.4 Å². The smallest absolute Gasteiger partial charge is 0.184 e. The first-order valence-electron chi connectivity index (χ1n) is 5.01. The van der Waals surface area contributed by atoms with Crippen LogP contribution in [0.4, 0.5) is 4.39 Å².